The standard InChI is InChI=1S/C15H20ClFN2O2/c1-2-14(15(20)19-5-7-21-8-6-19)18-10-11-3-4-12(16)9-13(11)17/h3-4,9,14,18H,2,5-8,10H2,1H3/t14-/m1/s1. The number of halogens is 2. The first-order valence-corrected chi connectivity index (χ1v) is 7.53. The van der Waals surface area contributed by atoms with Crippen molar-refractivity contribution in [1.29, 1.82) is 0 Å². The molecule has 1 aliphatic rings. The van der Waals surface area contributed by atoms with Gasteiger partial charge < -0.3 is 15.0 Å². The van der Waals surface area contributed by atoms with Crippen molar-refractivity contribution < 1.29 is 13.9 Å². The second-order valence-electron chi connectivity index (χ2n) is 5.02. The molecule has 6 heteroatoms. The summed E-state index contributed by atoms with van der Waals surface area (Å²) in [5.41, 5.74) is 0.507. The Hall–Kier alpha value is -1.17. The van der Waals surface area contributed by atoms with Gasteiger partial charge in [-0.1, -0.05) is 24.6 Å². The molecule has 0 radical (unpaired) electrons. The van der Waals surface area contributed by atoms with E-state index in [9.17, 15) is 9.18 Å². The average Bonchev–Trinajstić information content (AvgIpc) is 2.50. The van der Waals surface area contributed by atoms with Gasteiger partial charge in [0.05, 0.1) is 19.3 Å². The average molecular weight is 315 g/mol. The van der Waals surface area contributed by atoms with Gasteiger partial charge >= 0.3 is 0 Å². The van der Waals surface area contributed by atoms with Gasteiger partial charge in [-0.05, 0) is 18.6 Å². The summed E-state index contributed by atoms with van der Waals surface area (Å²) in [6.07, 6.45) is 0.658. The number of nitrogens with zero attached hydrogens (tertiary/aromatic N) is 1. The summed E-state index contributed by atoms with van der Waals surface area (Å²) in [6.45, 7) is 4.63. The van der Waals surface area contributed by atoms with E-state index in [1.165, 1.54) is 6.07 Å². The van der Waals surface area contributed by atoms with E-state index in [0.717, 1.165) is 0 Å². The van der Waals surface area contributed by atoms with E-state index in [1.54, 1.807) is 17.0 Å². The van der Waals surface area contributed by atoms with Gasteiger partial charge in [0.2, 0.25) is 5.91 Å². The highest BCUT2D eigenvalue weighted by Gasteiger charge is 2.24. The minimum atomic E-state index is -0.358. The molecule has 1 saturated heterocycles. The van der Waals surface area contributed by atoms with E-state index in [0.29, 0.717) is 49.9 Å². The van der Waals surface area contributed by atoms with Crippen LogP contribution in [0.25, 0.3) is 0 Å². The second kappa shape index (κ2) is 7.73. The van der Waals surface area contributed by atoms with E-state index in [-0.39, 0.29) is 17.8 Å². The highest BCUT2D eigenvalue weighted by molar-refractivity contribution is 6.30. The van der Waals surface area contributed by atoms with Crippen LogP contribution in [-0.2, 0) is 16.1 Å². The molecule has 21 heavy (non-hydrogen) atoms. The molecule has 0 unspecified atom stereocenters. The summed E-state index contributed by atoms with van der Waals surface area (Å²) in [6, 6.07) is 4.25. The van der Waals surface area contributed by atoms with Crippen LogP contribution in [0.15, 0.2) is 18.2 Å². The van der Waals surface area contributed by atoms with Crippen molar-refractivity contribution in [2.45, 2.75) is 25.9 Å². The van der Waals surface area contributed by atoms with Crippen molar-refractivity contribution in [3.05, 3.63) is 34.6 Å². The molecule has 1 heterocycles. The largest absolute Gasteiger partial charge is 0.378 e. The zero-order valence-electron chi connectivity index (χ0n) is 12.1. The Morgan fingerprint density at radius 2 is 2.19 bits per heavy atom. The Morgan fingerprint density at radius 3 is 2.81 bits per heavy atom. The molecule has 4 nitrogen and oxygen atoms in total. The first kappa shape index (κ1) is 16.2. The maximum absolute atomic E-state index is 13.7. The molecular formula is C15H20ClFN2O2. The quantitative estimate of drug-likeness (QED) is 0.906. The van der Waals surface area contributed by atoms with E-state index in [4.69, 9.17) is 16.3 Å². The lowest BCUT2D eigenvalue weighted by Crippen LogP contribution is -2.50. The number of ether oxygens (including phenoxy) is 1. The molecule has 1 N–H and O–H groups in total. The number of amides is 1. The number of benzene rings is 1. The first-order chi connectivity index (χ1) is 10.1. The van der Waals surface area contributed by atoms with Crippen molar-refractivity contribution in [2.24, 2.45) is 0 Å². The predicted octanol–water partition coefficient (Wildman–Crippen LogP) is 2.21. The lowest BCUT2D eigenvalue weighted by Gasteiger charge is -2.30. The van der Waals surface area contributed by atoms with Gasteiger partial charge in [0.1, 0.15) is 5.82 Å². The van der Waals surface area contributed by atoms with Crippen molar-refractivity contribution >= 4 is 17.5 Å². The van der Waals surface area contributed by atoms with Gasteiger partial charge in [0.25, 0.3) is 0 Å². The fourth-order valence-corrected chi connectivity index (χ4v) is 2.47. The van der Waals surface area contributed by atoms with Crippen molar-refractivity contribution in [3.8, 4) is 0 Å². The number of carbonyl (C=O) groups excluding carboxylic acids is 1. The van der Waals surface area contributed by atoms with Crippen LogP contribution < -0.4 is 5.32 Å². The Morgan fingerprint density at radius 1 is 1.48 bits per heavy atom. The molecule has 1 atom stereocenters. The third kappa shape index (κ3) is 4.40. The third-order valence-electron chi connectivity index (χ3n) is 3.58. The molecule has 0 saturated carbocycles. The molecule has 1 aromatic rings. The van der Waals surface area contributed by atoms with Gasteiger partial charge in [-0.15, -0.1) is 0 Å². The van der Waals surface area contributed by atoms with Crippen LogP contribution in [0.4, 0.5) is 4.39 Å². The number of rotatable bonds is 5. The Kier molecular flexibility index (Phi) is 5.96. The van der Waals surface area contributed by atoms with Gasteiger partial charge in [-0.3, -0.25) is 4.79 Å². The molecule has 1 amide bonds. The molecule has 1 aromatic carbocycles. The smallest absolute Gasteiger partial charge is 0.239 e. The maximum atomic E-state index is 13.7. The summed E-state index contributed by atoms with van der Waals surface area (Å²) in [5, 5.41) is 3.50. The number of morpholine rings is 1. The van der Waals surface area contributed by atoms with E-state index < -0.39 is 0 Å². The summed E-state index contributed by atoms with van der Waals surface area (Å²) < 4.78 is 19.0. The Bertz CT molecular complexity index is 493. The summed E-state index contributed by atoms with van der Waals surface area (Å²) in [5.74, 6) is -0.307. The molecular weight excluding hydrogens is 295 g/mol. The molecule has 0 aliphatic carbocycles. The number of nitrogens with one attached hydrogen (secondary N) is 1. The van der Waals surface area contributed by atoms with Crippen LogP contribution in [0.2, 0.25) is 5.02 Å². The maximum Gasteiger partial charge on any atom is 0.239 e. The monoisotopic (exact) mass is 314 g/mol. The van der Waals surface area contributed by atoms with Crippen LogP contribution in [0, 0.1) is 5.82 Å². The number of hydrogen-bond donors (Lipinski definition) is 1. The topological polar surface area (TPSA) is 41.6 Å². The van der Waals surface area contributed by atoms with Crippen molar-refractivity contribution in [3.63, 3.8) is 0 Å². The predicted molar refractivity (Wildman–Crippen MR) is 79.7 cm³/mol. The minimum Gasteiger partial charge on any atom is -0.378 e. The molecule has 1 aliphatic heterocycles. The SMILES string of the molecule is CC[C@@H](NCc1ccc(Cl)cc1F)C(=O)N1CCOCC1. The fraction of sp³-hybridized carbons (Fsp3) is 0.533. The molecule has 0 spiro atoms. The molecule has 0 aromatic heterocycles. The summed E-state index contributed by atoms with van der Waals surface area (Å²) in [7, 11) is 0. The van der Waals surface area contributed by atoms with E-state index >= 15 is 0 Å². The van der Waals surface area contributed by atoms with Crippen LogP contribution in [0.3, 0.4) is 0 Å². The highest BCUT2D eigenvalue weighted by atomic mass is 35.5. The lowest BCUT2D eigenvalue weighted by molar-refractivity contribution is -0.137. The zero-order valence-corrected chi connectivity index (χ0v) is 12.8. The lowest BCUT2D eigenvalue weighted by atomic mass is 10.1. The van der Waals surface area contributed by atoms with Crippen LogP contribution in [0.1, 0.15) is 18.9 Å². The van der Waals surface area contributed by atoms with E-state index in [2.05, 4.69) is 5.32 Å². The molecule has 1 fully saturated rings. The molecule has 0 bridgehead atoms. The minimum absolute atomic E-state index is 0.0511. The summed E-state index contributed by atoms with van der Waals surface area (Å²) in [4.78, 5) is 14.2. The van der Waals surface area contributed by atoms with Gasteiger partial charge in [-0.2, -0.15) is 0 Å². The first-order valence-electron chi connectivity index (χ1n) is 7.15. The highest BCUT2D eigenvalue weighted by Crippen LogP contribution is 2.15. The second-order valence-corrected chi connectivity index (χ2v) is 5.45. The van der Waals surface area contributed by atoms with Crippen LogP contribution in [0.5, 0.6) is 0 Å². The van der Waals surface area contributed by atoms with Crippen molar-refractivity contribution in [2.75, 3.05) is 26.3 Å². The normalized spacial score (nSPS) is 16.8. The van der Waals surface area contributed by atoms with Crippen molar-refractivity contribution in [1.82, 2.24) is 10.2 Å². The third-order valence-corrected chi connectivity index (χ3v) is 3.82. The Balaban J connectivity index is 1.93. The molecule has 2 rings (SSSR count). The van der Waals surface area contributed by atoms with Crippen LogP contribution >= 0.6 is 11.6 Å². The summed E-state index contributed by atoms with van der Waals surface area (Å²) >= 11 is 5.73. The van der Waals surface area contributed by atoms with E-state index in [1.807, 2.05) is 6.92 Å². The van der Waals surface area contributed by atoms with Gasteiger partial charge in [-0.25, -0.2) is 4.39 Å². The zero-order chi connectivity index (χ0) is 15.2. The number of hydrogen-bond acceptors (Lipinski definition) is 3. The Labute approximate surface area is 129 Å². The fourth-order valence-electron chi connectivity index (χ4n) is 2.31. The molecule has 116 valence electrons. The van der Waals surface area contributed by atoms with Gasteiger partial charge in [0.15, 0.2) is 0 Å². The number of carbonyl (C=O) groups is 1. The van der Waals surface area contributed by atoms with Gasteiger partial charge in [0, 0.05) is 30.2 Å². The van der Waals surface area contributed by atoms with Crippen LogP contribution in [-0.4, -0.2) is 43.2 Å².